The van der Waals surface area contributed by atoms with Gasteiger partial charge in [0.15, 0.2) is 0 Å². The van der Waals surface area contributed by atoms with Crippen LogP contribution in [-0.4, -0.2) is 24.8 Å². The van der Waals surface area contributed by atoms with Crippen molar-refractivity contribution in [2.45, 2.75) is 26.2 Å². The maximum atomic E-state index is 9.12. The molecule has 1 fully saturated rings. The van der Waals surface area contributed by atoms with Crippen molar-refractivity contribution in [3.8, 4) is 0 Å². The number of rotatable bonds is 6. The number of aryl methyl sites for hydroxylation is 1. The Kier molecular flexibility index (Phi) is 3.12. The maximum absolute atomic E-state index is 9.12. The van der Waals surface area contributed by atoms with Gasteiger partial charge in [0.05, 0.1) is 0 Å². The topological polar surface area (TPSA) is 45.4 Å². The molecule has 0 unspecified atom stereocenters. The van der Waals surface area contributed by atoms with Gasteiger partial charge in [0.2, 0.25) is 0 Å². The second kappa shape index (κ2) is 4.37. The molecule has 3 nitrogen and oxygen atoms in total. The van der Waals surface area contributed by atoms with E-state index in [2.05, 4.69) is 5.32 Å². The third-order valence-corrected chi connectivity index (χ3v) is 3.14. The van der Waals surface area contributed by atoms with Crippen LogP contribution in [0, 0.1) is 12.3 Å². The van der Waals surface area contributed by atoms with E-state index in [0.29, 0.717) is 6.61 Å². The van der Waals surface area contributed by atoms with E-state index in [1.807, 2.05) is 19.1 Å². The van der Waals surface area contributed by atoms with Crippen molar-refractivity contribution in [3.63, 3.8) is 0 Å². The average molecular weight is 209 g/mol. The third-order valence-electron chi connectivity index (χ3n) is 3.14. The summed E-state index contributed by atoms with van der Waals surface area (Å²) in [4.78, 5) is 0. The Hall–Kier alpha value is -0.800. The molecule has 0 saturated heterocycles. The molecule has 1 aliphatic rings. The Morgan fingerprint density at radius 3 is 2.80 bits per heavy atom. The molecule has 0 radical (unpaired) electrons. The van der Waals surface area contributed by atoms with E-state index in [1.165, 1.54) is 0 Å². The first kappa shape index (κ1) is 10.7. The van der Waals surface area contributed by atoms with Crippen LogP contribution < -0.4 is 5.32 Å². The molecule has 1 aliphatic carbocycles. The first-order valence-corrected chi connectivity index (χ1v) is 5.61. The Bertz CT molecular complexity index is 315. The summed E-state index contributed by atoms with van der Waals surface area (Å²) >= 11 is 0. The minimum Gasteiger partial charge on any atom is -0.466 e. The first-order chi connectivity index (χ1) is 7.24. The van der Waals surface area contributed by atoms with Gasteiger partial charge in [-0.25, -0.2) is 0 Å². The predicted molar refractivity (Wildman–Crippen MR) is 58.8 cm³/mol. The van der Waals surface area contributed by atoms with E-state index in [4.69, 9.17) is 9.52 Å². The van der Waals surface area contributed by atoms with E-state index in [0.717, 1.165) is 43.9 Å². The number of furan rings is 1. The SMILES string of the molecule is Cc1ccc(CCNCC2(CO)CC2)o1. The lowest BCUT2D eigenvalue weighted by molar-refractivity contribution is 0.208. The quantitative estimate of drug-likeness (QED) is 0.698. The summed E-state index contributed by atoms with van der Waals surface area (Å²) in [5.41, 5.74) is 0.207. The van der Waals surface area contributed by atoms with Crippen molar-refractivity contribution >= 4 is 0 Å². The van der Waals surface area contributed by atoms with E-state index >= 15 is 0 Å². The average Bonchev–Trinajstić information content (AvgIpc) is 2.91. The molecule has 0 bridgehead atoms. The van der Waals surface area contributed by atoms with Gasteiger partial charge >= 0.3 is 0 Å². The van der Waals surface area contributed by atoms with Crippen molar-refractivity contribution in [1.29, 1.82) is 0 Å². The molecule has 2 N–H and O–H groups in total. The Labute approximate surface area is 90.5 Å². The van der Waals surface area contributed by atoms with Crippen LogP contribution in [0.5, 0.6) is 0 Å². The number of aliphatic hydroxyl groups is 1. The number of nitrogens with one attached hydrogen (secondary N) is 1. The summed E-state index contributed by atoms with van der Waals surface area (Å²) in [5, 5.41) is 12.5. The zero-order chi connectivity index (χ0) is 10.7. The highest BCUT2D eigenvalue weighted by atomic mass is 16.3. The van der Waals surface area contributed by atoms with E-state index in [-0.39, 0.29) is 5.41 Å². The minimum absolute atomic E-state index is 0.207. The monoisotopic (exact) mass is 209 g/mol. The number of hydrogen-bond donors (Lipinski definition) is 2. The first-order valence-electron chi connectivity index (χ1n) is 5.61. The standard InChI is InChI=1S/C12H19NO2/c1-10-2-3-11(15-10)4-7-13-8-12(9-14)5-6-12/h2-3,13-14H,4-9H2,1H3. The van der Waals surface area contributed by atoms with Crippen molar-refractivity contribution in [3.05, 3.63) is 23.7 Å². The third kappa shape index (κ3) is 2.83. The second-order valence-electron chi connectivity index (χ2n) is 4.60. The van der Waals surface area contributed by atoms with Gasteiger partial charge in [-0.2, -0.15) is 0 Å². The number of aliphatic hydroxyl groups excluding tert-OH is 1. The molecule has 0 aromatic carbocycles. The lowest BCUT2D eigenvalue weighted by atomic mass is 10.1. The van der Waals surface area contributed by atoms with Crippen LogP contribution >= 0.6 is 0 Å². The van der Waals surface area contributed by atoms with E-state index in [1.54, 1.807) is 0 Å². The largest absolute Gasteiger partial charge is 0.466 e. The lowest BCUT2D eigenvalue weighted by Gasteiger charge is -2.11. The van der Waals surface area contributed by atoms with Crippen molar-refractivity contribution < 1.29 is 9.52 Å². The Morgan fingerprint density at radius 2 is 2.27 bits per heavy atom. The molecule has 0 spiro atoms. The summed E-state index contributed by atoms with van der Waals surface area (Å²) in [6.07, 6.45) is 3.25. The molecule has 0 atom stereocenters. The molecule has 0 aliphatic heterocycles. The summed E-state index contributed by atoms with van der Waals surface area (Å²) in [6, 6.07) is 4.02. The predicted octanol–water partition coefficient (Wildman–Crippen LogP) is 1.49. The van der Waals surface area contributed by atoms with E-state index in [9.17, 15) is 0 Å². The molecule has 1 aromatic heterocycles. The summed E-state index contributed by atoms with van der Waals surface area (Å²) in [7, 11) is 0. The second-order valence-corrected chi connectivity index (χ2v) is 4.60. The molecule has 1 heterocycles. The maximum Gasteiger partial charge on any atom is 0.105 e. The molecule has 1 saturated carbocycles. The fourth-order valence-corrected chi connectivity index (χ4v) is 1.75. The molecule has 84 valence electrons. The molecular weight excluding hydrogens is 190 g/mol. The van der Waals surface area contributed by atoms with Gasteiger partial charge in [-0.1, -0.05) is 0 Å². The van der Waals surface area contributed by atoms with Gasteiger partial charge in [-0.05, 0) is 31.9 Å². The highest BCUT2D eigenvalue weighted by Gasteiger charge is 2.41. The van der Waals surface area contributed by atoms with Crippen LogP contribution in [0.3, 0.4) is 0 Å². The van der Waals surface area contributed by atoms with Crippen LogP contribution in [0.2, 0.25) is 0 Å². The van der Waals surface area contributed by atoms with Crippen LogP contribution in [0.15, 0.2) is 16.5 Å². The van der Waals surface area contributed by atoms with Gasteiger partial charge < -0.3 is 14.8 Å². The smallest absolute Gasteiger partial charge is 0.105 e. The van der Waals surface area contributed by atoms with Crippen LogP contribution in [-0.2, 0) is 6.42 Å². The van der Waals surface area contributed by atoms with Crippen LogP contribution in [0.4, 0.5) is 0 Å². The van der Waals surface area contributed by atoms with Crippen LogP contribution in [0.25, 0.3) is 0 Å². The number of hydrogen-bond acceptors (Lipinski definition) is 3. The molecule has 1 aromatic rings. The summed E-state index contributed by atoms with van der Waals surface area (Å²) in [5.74, 6) is 2.01. The van der Waals surface area contributed by atoms with Crippen molar-refractivity contribution in [1.82, 2.24) is 5.32 Å². The molecular formula is C12H19NO2. The molecule has 0 amide bonds. The molecule has 15 heavy (non-hydrogen) atoms. The Morgan fingerprint density at radius 1 is 1.47 bits per heavy atom. The lowest BCUT2D eigenvalue weighted by Crippen LogP contribution is -2.28. The normalized spacial score (nSPS) is 18.0. The van der Waals surface area contributed by atoms with Gasteiger partial charge in [-0.3, -0.25) is 0 Å². The fraction of sp³-hybridized carbons (Fsp3) is 0.667. The van der Waals surface area contributed by atoms with Gasteiger partial charge in [0.25, 0.3) is 0 Å². The van der Waals surface area contributed by atoms with Gasteiger partial charge in [0.1, 0.15) is 11.5 Å². The van der Waals surface area contributed by atoms with E-state index < -0.39 is 0 Å². The minimum atomic E-state index is 0.207. The summed E-state index contributed by atoms with van der Waals surface area (Å²) in [6.45, 7) is 4.14. The fourth-order valence-electron chi connectivity index (χ4n) is 1.75. The molecule has 3 heteroatoms. The zero-order valence-corrected chi connectivity index (χ0v) is 9.25. The highest BCUT2D eigenvalue weighted by Crippen LogP contribution is 2.44. The van der Waals surface area contributed by atoms with Crippen LogP contribution in [0.1, 0.15) is 24.4 Å². The van der Waals surface area contributed by atoms with Crippen molar-refractivity contribution in [2.24, 2.45) is 5.41 Å². The van der Waals surface area contributed by atoms with Gasteiger partial charge in [0, 0.05) is 31.5 Å². The zero-order valence-electron chi connectivity index (χ0n) is 9.25. The van der Waals surface area contributed by atoms with Gasteiger partial charge in [-0.15, -0.1) is 0 Å². The molecule has 2 rings (SSSR count). The highest BCUT2D eigenvalue weighted by molar-refractivity contribution is 5.05. The Balaban J connectivity index is 1.63. The van der Waals surface area contributed by atoms with Crippen molar-refractivity contribution in [2.75, 3.05) is 19.7 Å². The summed E-state index contributed by atoms with van der Waals surface area (Å²) < 4.78 is 5.47.